The Labute approximate surface area is 82.0 Å². The quantitative estimate of drug-likeness (QED) is 0.712. The van der Waals surface area contributed by atoms with Crippen molar-refractivity contribution >= 4 is 5.95 Å². The second-order valence-electron chi connectivity index (χ2n) is 3.53. The summed E-state index contributed by atoms with van der Waals surface area (Å²) in [5.74, 6) is 0.195. The molecule has 1 aliphatic heterocycles. The molecule has 2 N–H and O–H groups in total. The van der Waals surface area contributed by atoms with Crippen molar-refractivity contribution in [2.24, 2.45) is 5.73 Å². The van der Waals surface area contributed by atoms with E-state index in [1.807, 2.05) is 4.90 Å². The van der Waals surface area contributed by atoms with E-state index in [-0.39, 0.29) is 6.04 Å². The van der Waals surface area contributed by atoms with E-state index in [2.05, 4.69) is 9.97 Å². The first-order valence-electron chi connectivity index (χ1n) is 4.74. The van der Waals surface area contributed by atoms with Gasteiger partial charge in [0, 0.05) is 19.1 Å². The van der Waals surface area contributed by atoms with E-state index in [0.717, 1.165) is 25.9 Å². The Kier molecular flexibility index (Phi) is 2.58. The molecule has 2 heterocycles. The van der Waals surface area contributed by atoms with Crippen LogP contribution in [0.2, 0.25) is 0 Å². The molecule has 0 radical (unpaired) electrons. The van der Waals surface area contributed by atoms with E-state index in [1.54, 1.807) is 0 Å². The van der Waals surface area contributed by atoms with Crippen molar-refractivity contribution in [3.8, 4) is 0 Å². The van der Waals surface area contributed by atoms with Crippen molar-refractivity contribution in [3.63, 3.8) is 0 Å². The molecule has 5 heteroatoms. The van der Waals surface area contributed by atoms with Gasteiger partial charge in [-0.3, -0.25) is 0 Å². The fraction of sp³-hybridized carbons (Fsp3) is 0.556. The Bertz CT molecular complexity index is 292. The molecule has 2 rings (SSSR count). The highest BCUT2D eigenvalue weighted by Gasteiger charge is 2.17. The third kappa shape index (κ3) is 1.98. The molecule has 1 fully saturated rings. The summed E-state index contributed by atoms with van der Waals surface area (Å²) in [6, 6.07) is 0.284. The minimum atomic E-state index is -0.400. The van der Waals surface area contributed by atoms with E-state index in [9.17, 15) is 4.39 Å². The van der Waals surface area contributed by atoms with Gasteiger partial charge in [0.15, 0.2) is 5.82 Å². The van der Waals surface area contributed by atoms with Crippen LogP contribution < -0.4 is 10.6 Å². The predicted octanol–water partition coefficient (Wildman–Crippen LogP) is 0.543. The van der Waals surface area contributed by atoms with Crippen molar-refractivity contribution in [1.29, 1.82) is 0 Å². The molecule has 1 saturated heterocycles. The minimum absolute atomic E-state index is 0.284. The number of piperidine rings is 1. The molecule has 0 amide bonds. The molecule has 0 unspecified atom stereocenters. The van der Waals surface area contributed by atoms with Crippen molar-refractivity contribution in [3.05, 3.63) is 18.2 Å². The molecule has 0 bridgehead atoms. The average Bonchev–Trinajstić information content (AvgIpc) is 2.21. The van der Waals surface area contributed by atoms with Gasteiger partial charge in [-0.2, -0.15) is 0 Å². The number of hydrogen-bond acceptors (Lipinski definition) is 4. The van der Waals surface area contributed by atoms with Gasteiger partial charge >= 0.3 is 0 Å². The number of nitrogens with zero attached hydrogens (tertiary/aromatic N) is 3. The highest BCUT2D eigenvalue weighted by Crippen LogP contribution is 2.14. The SMILES string of the molecule is NC1CCN(c2ncc(F)cn2)CC1. The van der Waals surface area contributed by atoms with E-state index in [1.165, 1.54) is 12.4 Å². The maximum Gasteiger partial charge on any atom is 0.225 e. The zero-order chi connectivity index (χ0) is 9.97. The Morgan fingerprint density at radius 3 is 2.43 bits per heavy atom. The summed E-state index contributed by atoms with van der Waals surface area (Å²) in [5, 5.41) is 0. The predicted molar refractivity (Wildman–Crippen MR) is 51.4 cm³/mol. The fourth-order valence-corrected chi connectivity index (χ4v) is 1.57. The molecule has 0 aromatic carbocycles. The number of hydrogen-bond donors (Lipinski definition) is 1. The van der Waals surface area contributed by atoms with Gasteiger partial charge in [0.25, 0.3) is 0 Å². The lowest BCUT2D eigenvalue weighted by atomic mass is 10.1. The van der Waals surface area contributed by atoms with Crippen molar-refractivity contribution in [1.82, 2.24) is 9.97 Å². The highest BCUT2D eigenvalue weighted by atomic mass is 19.1. The molecule has 1 aromatic rings. The number of halogens is 1. The van der Waals surface area contributed by atoms with E-state index in [0.29, 0.717) is 5.95 Å². The van der Waals surface area contributed by atoms with Crippen molar-refractivity contribution in [2.45, 2.75) is 18.9 Å². The summed E-state index contributed by atoms with van der Waals surface area (Å²) in [4.78, 5) is 9.88. The first kappa shape index (κ1) is 9.33. The van der Waals surface area contributed by atoms with Crippen LogP contribution >= 0.6 is 0 Å². The van der Waals surface area contributed by atoms with E-state index in [4.69, 9.17) is 5.73 Å². The molecular formula is C9H13FN4. The van der Waals surface area contributed by atoms with Gasteiger partial charge in [-0.05, 0) is 12.8 Å². The van der Waals surface area contributed by atoms with Crippen LogP contribution in [0.3, 0.4) is 0 Å². The van der Waals surface area contributed by atoms with Crippen LogP contribution in [0.15, 0.2) is 12.4 Å². The molecular weight excluding hydrogens is 183 g/mol. The van der Waals surface area contributed by atoms with Gasteiger partial charge in [-0.15, -0.1) is 0 Å². The second kappa shape index (κ2) is 3.88. The van der Waals surface area contributed by atoms with Crippen LogP contribution in [0.5, 0.6) is 0 Å². The van der Waals surface area contributed by atoms with Crippen molar-refractivity contribution < 1.29 is 4.39 Å². The summed E-state index contributed by atoms with van der Waals surface area (Å²) >= 11 is 0. The molecule has 76 valence electrons. The molecule has 0 saturated carbocycles. The lowest BCUT2D eigenvalue weighted by Gasteiger charge is -2.29. The fourth-order valence-electron chi connectivity index (χ4n) is 1.57. The smallest absolute Gasteiger partial charge is 0.225 e. The van der Waals surface area contributed by atoms with E-state index >= 15 is 0 Å². The lowest BCUT2D eigenvalue weighted by Crippen LogP contribution is -2.40. The zero-order valence-corrected chi connectivity index (χ0v) is 7.86. The van der Waals surface area contributed by atoms with Crippen LogP contribution in [0.4, 0.5) is 10.3 Å². The van der Waals surface area contributed by atoms with Gasteiger partial charge in [0.2, 0.25) is 5.95 Å². The van der Waals surface area contributed by atoms with Gasteiger partial charge < -0.3 is 10.6 Å². The zero-order valence-electron chi connectivity index (χ0n) is 7.86. The number of aromatic nitrogens is 2. The number of rotatable bonds is 1. The normalized spacial score (nSPS) is 18.6. The summed E-state index contributed by atoms with van der Waals surface area (Å²) < 4.78 is 12.6. The van der Waals surface area contributed by atoms with Crippen LogP contribution in [-0.4, -0.2) is 29.1 Å². The van der Waals surface area contributed by atoms with Crippen LogP contribution in [-0.2, 0) is 0 Å². The minimum Gasteiger partial charge on any atom is -0.341 e. The third-order valence-electron chi connectivity index (χ3n) is 2.43. The third-order valence-corrected chi connectivity index (χ3v) is 2.43. The lowest BCUT2D eigenvalue weighted by molar-refractivity contribution is 0.494. The van der Waals surface area contributed by atoms with Crippen LogP contribution in [0.1, 0.15) is 12.8 Å². The average molecular weight is 196 g/mol. The first-order chi connectivity index (χ1) is 6.75. The molecule has 0 spiro atoms. The largest absolute Gasteiger partial charge is 0.341 e. The Hall–Kier alpha value is -1.23. The van der Waals surface area contributed by atoms with Crippen LogP contribution in [0, 0.1) is 5.82 Å². The Morgan fingerprint density at radius 1 is 1.29 bits per heavy atom. The van der Waals surface area contributed by atoms with Gasteiger partial charge in [0.05, 0.1) is 12.4 Å². The maximum atomic E-state index is 12.6. The Balaban J connectivity index is 2.05. The van der Waals surface area contributed by atoms with Crippen molar-refractivity contribution in [2.75, 3.05) is 18.0 Å². The van der Waals surface area contributed by atoms with Gasteiger partial charge in [-0.1, -0.05) is 0 Å². The first-order valence-corrected chi connectivity index (χ1v) is 4.74. The molecule has 1 aliphatic rings. The highest BCUT2D eigenvalue weighted by molar-refractivity contribution is 5.29. The number of nitrogens with two attached hydrogens (primary N) is 1. The number of anilines is 1. The molecule has 14 heavy (non-hydrogen) atoms. The van der Waals surface area contributed by atoms with Crippen LogP contribution in [0.25, 0.3) is 0 Å². The molecule has 0 aliphatic carbocycles. The molecule has 1 aromatic heterocycles. The summed E-state index contributed by atoms with van der Waals surface area (Å²) in [6.45, 7) is 1.71. The van der Waals surface area contributed by atoms with Gasteiger partial charge in [0.1, 0.15) is 0 Å². The standard InChI is InChI=1S/C9H13FN4/c10-7-5-12-9(13-6-7)14-3-1-8(11)2-4-14/h5-6,8H,1-4,11H2. The summed E-state index contributed by atoms with van der Waals surface area (Å²) in [7, 11) is 0. The summed E-state index contributed by atoms with van der Waals surface area (Å²) in [6.07, 6.45) is 4.27. The van der Waals surface area contributed by atoms with Gasteiger partial charge in [-0.25, -0.2) is 14.4 Å². The molecule has 0 atom stereocenters. The monoisotopic (exact) mass is 196 g/mol. The molecule has 4 nitrogen and oxygen atoms in total. The van der Waals surface area contributed by atoms with E-state index < -0.39 is 5.82 Å². The second-order valence-corrected chi connectivity index (χ2v) is 3.53. The Morgan fingerprint density at radius 2 is 1.86 bits per heavy atom. The maximum absolute atomic E-state index is 12.6. The topological polar surface area (TPSA) is 55.0 Å². The summed E-state index contributed by atoms with van der Waals surface area (Å²) in [5.41, 5.74) is 5.77.